The second kappa shape index (κ2) is 40.6. The normalized spacial score (nSPS) is 12.3. The van der Waals surface area contributed by atoms with Gasteiger partial charge in [0.1, 0.15) is 11.9 Å². The van der Waals surface area contributed by atoms with E-state index >= 15 is 0 Å². The average Bonchev–Trinajstić information content (AvgIpc) is 3.43. The third-order valence-electron chi connectivity index (χ3n) is 2.31. The van der Waals surface area contributed by atoms with Gasteiger partial charge in [0.05, 0.1) is 19.8 Å². The number of aliphatic hydroxyl groups is 2. The second-order valence-corrected chi connectivity index (χ2v) is 5.62. The summed E-state index contributed by atoms with van der Waals surface area (Å²) in [7, 11) is 2.68. The Hall–Kier alpha value is -1.02. The number of Topliss-reactive ketones (excluding diaryl/α,β-unsaturated/α-hetero) is 1. The molecule has 1 unspecified atom stereocenters. The molecule has 0 radical (unpaired) electrons. The number of ketones is 1. The molecule has 174 valence electrons. The number of hydrogen-bond acceptors (Lipinski definition) is 7. The van der Waals surface area contributed by atoms with Gasteiger partial charge in [0.25, 0.3) is 0 Å². The summed E-state index contributed by atoms with van der Waals surface area (Å²) in [6.07, 6.45) is 7.43. The van der Waals surface area contributed by atoms with Gasteiger partial charge in [-0.2, -0.15) is 0 Å². The van der Waals surface area contributed by atoms with Crippen molar-refractivity contribution in [3.63, 3.8) is 0 Å². The zero-order chi connectivity index (χ0) is 23.2. The number of esters is 1. The first-order valence-corrected chi connectivity index (χ1v) is 10.0. The van der Waals surface area contributed by atoms with Gasteiger partial charge in [0.15, 0.2) is 0 Å². The van der Waals surface area contributed by atoms with E-state index < -0.39 is 0 Å². The number of carbonyl (C=O) groups excluding carboxylic acids is 2. The number of ether oxygens (including phenoxy) is 3. The van der Waals surface area contributed by atoms with Crippen molar-refractivity contribution in [3.05, 3.63) is 0 Å². The Labute approximate surface area is 173 Å². The van der Waals surface area contributed by atoms with Gasteiger partial charge in [-0.25, -0.2) is 0 Å². The predicted molar refractivity (Wildman–Crippen MR) is 116 cm³/mol. The highest BCUT2D eigenvalue weighted by Gasteiger charge is 2.21. The summed E-state index contributed by atoms with van der Waals surface area (Å²) in [5.41, 5.74) is 0. The molecule has 7 nitrogen and oxygen atoms in total. The first-order chi connectivity index (χ1) is 13.3. The molecule has 0 bridgehead atoms. The van der Waals surface area contributed by atoms with Gasteiger partial charge < -0.3 is 29.2 Å². The Balaban J connectivity index is -0.0000000789. The number of epoxide rings is 1. The van der Waals surface area contributed by atoms with E-state index in [2.05, 4.69) is 18.6 Å². The van der Waals surface area contributed by atoms with Crippen LogP contribution < -0.4 is 0 Å². The molecule has 28 heavy (non-hydrogen) atoms. The smallest absolute Gasteiger partial charge is 0.302 e. The highest BCUT2D eigenvalue weighted by Crippen LogP contribution is 2.06. The topological polar surface area (TPSA) is 106 Å². The number of rotatable bonds is 7. The van der Waals surface area contributed by atoms with Crippen LogP contribution in [0, 0.1) is 0 Å². The third kappa shape index (κ3) is 100. The van der Waals surface area contributed by atoms with Crippen LogP contribution in [0.15, 0.2) is 0 Å². The fourth-order valence-electron chi connectivity index (χ4n) is 1.23. The number of hydrogen-bond donors (Lipinski definition) is 2. The molecule has 1 fully saturated rings. The minimum atomic E-state index is -0.211. The van der Waals surface area contributed by atoms with Crippen molar-refractivity contribution in [3.8, 4) is 0 Å². The van der Waals surface area contributed by atoms with Gasteiger partial charge in [-0.1, -0.05) is 46.0 Å². The summed E-state index contributed by atoms with van der Waals surface area (Å²) in [6.45, 7) is 14.8. The molecule has 1 aliphatic rings. The number of methoxy groups -OCH3 is 1. The summed E-state index contributed by atoms with van der Waals surface area (Å²) in [5.74, 6) is -0.0440. The van der Waals surface area contributed by atoms with Crippen LogP contribution in [-0.2, 0) is 23.8 Å². The summed E-state index contributed by atoms with van der Waals surface area (Å²) < 4.78 is 14.0. The van der Waals surface area contributed by atoms with Crippen LogP contribution in [-0.4, -0.2) is 68.7 Å². The maximum atomic E-state index is 9.82. The summed E-state index contributed by atoms with van der Waals surface area (Å²) in [5, 5.41) is 14.6. The predicted octanol–water partition coefficient (Wildman–Crippen LogP) is 3.78. The van der Waals surface area contributed by atoms with Crippen molar-refractivity contribution >= 4 is 11.8 Å². The largest absolute Gasteiger partial charge is 0.466 e. The highest BCUT2D eigenvalue weighted by molar-refractivity contribution is 5.72. The molecule has 0 aromatic carbocycles. The maximum Gasteiger partial charge on any atom is 0.302 e. The lowest BCUT2D eigenvalue weighted by Crippen LogP contribution is -1.95. The quantitative estimate of drug-likeness (QED) is 0.372. The van der Waals surface area contributed by atoms with Crippen LogP contribution in [0.2, 0.25) is 0 Å². The van der Waals surface area contributed by atoms with E-state index in [0.29, 0.717) is 12.7 Å². The summed E-state index contributed by atoms with van der Waals surface area (Å²) in [4.78, 5) is 19.3. The first kappa shape index (κ1) is 37.7. The Morgan fingerprint density at radius 1 is 0.964 bits per heavy atom. The second-order valence-electron chi connectivity index (χ2n) is 5.62. The van der Waals surface area contributed by atoms with Crippen molar-refractivity contribution in [2.75, 3.05) is 40.6 Å². The standard InChI is InChI=1S/C7H16.2C4H8O2.C3H6O.C2H6O.CH4O/c1-3-5-7-6-4-2;1-5-2-4-3-6-4;1-3-6-4(2)5;1-3(2)4;1-2-3;1-2/h3-7H2,1-2H3;4H,2-3H2,1H3;3H2,1-2H3;1-2H3;3H,2H2,1H3;2H,1H3. The molecule has 1 aliphatic heterocycles. The third-order valence-corrected chi connectivity index (χ3v) is 2.31. The molecule has 0 saturated carbocycles. The van der Waals surface area contributed by atoms with Gasteiger partial charge in [-0.3, -0.25) is 4.79 Å². The van der Waals surface area contributed by atoms with E-state index in [1.165, 1.54) is 52.9 Å². The van der Waals surface area contributed by atoms with E-state index in [1.807, 2.05) is 0 Å². The molecule has 7 heteroatoms. The molecule has 0 aromatic rings. The molecule has 0 aliphatic carbocycles. The fraction of sp³-hybridized carbons (Fsp3) is 0.905. The Kier molecular flexibility index (Phi) is 54.7. The zero-order valence-corrected chi connectivity index (χ0v) is 19.9. The van der Waals surface area contributed by atoms with Crippen LogP contribution >= 0.6 is 0 Å². The lowest BCUT2D eigenvalue weighted by atomic mass is 10.2. The summed E-state index contributed by atoms with van der Waals surface area (Å²) in [6, 6.07) is 0. The van der Waals surface area contributed by atoms with E-state index in [9.17, 15) is 9.59 Å². The molecule has 1 saturated heterocycles. The van der Waals surface area contributed by atoms with Gasteiger partial charge in [0.2, 0.25) is 0 Å². The molecular weight excluding hydrogens is 364 g/mol. The monoisotopic (exact) mass is 412 g/mol. The highest BCUT2D eigenvalue weighted by atomic mass is 16.6. The van der Waals surface area contributed by atoms with E-state index in [-0.39, 0.29) is 18.4 Å². The lowest BCUT2D eigenvalue weighted by molar-refractivity contribution is -0.140. The van der Waals surface area contributed by atoms with Crippen molar-refractivity contribution in [2.24, 2.45) is 0 Å². The van der Waals surface area contributed by atoms with E-state index in [4.69, 9.17) is 19.7 Å². The van der Waals surface area contributed by atoms with Crippen molar-refractivity contribution in [1.29, 1.82) is 0 Å². The minimum absolute atomic E-state index is 0.167. The Morgan fingerprint density at radius 2 is 1.32 bits per heavy atom. The number of carbonyl (C=O) groups is 2. The zero-order valence-electron chi connectivity index (χ0n) is 19.9. The lowest BCUT2D eigenvalue weighted by Gasteiger charge is -1.90. The van der Waals surface area contributed by atoms with Crippen LogP contribution in [0.4, 0.5) is 0 Å². The molecule has 2 N–H and O–H groups in total. The van der Waals surface area contributed by atoms with Crippen molar-refractivity contribution in [2.45, 2.75) is 86.7 Å². The van der Waals surface area contributed by atoms with Crippen molar-refractivity contribution in [1.82, 2.24) is 0 Å². The number of aliphatic hydroxyl groups excluding tert-OH is 2. The fourth-order valence-corrected chi connectivity index (χ4v) is 1.23. The molecule has 1 rings (SSSR count). The summed E-state index contributed by atoms with van der Waals surface area (Å²) >= 11 is 0. The van der Waals surface area contributed by atoms with Crippen LogP contribution in [0.3, 0.4) is 0 Å². The number of unbranched alkanes of at least 4 members (excludes halogenated alkanes) is 4. The molecule has 1 heterocycles. The van der Waals surface area contributed by atoms with Crippen LogP contribution in [0.5, 0.6) is 0 Å². The van der Waals surface area contributed by atoms with E-state index in [1.54, 1.807) is 21.0 Å². The molecule has 0 aromatic heterocycles. The van der Waals surface area contributed by atoms with Crippen molar-refractivity contribution < 1.29 is 34.0 Å². The van der Waals surface area contributed by atoms with Gasteiger partial charge >= 0.3 is 5.97 Å². The minimum Gasteiger partial charge on any atom is -0.466 e. The molecule has 0 spiro atoms. The van der Waals surface area contributed by atoms with Crippen LogP contribution in [0.1, 0.15) is 80.6 Å². The maximum absolute atomic E-state index is 9.82. The Bertz CT molecular complexity index is 259. The first-order valence-electron chi connectivity index (χ1n) is 10.0. The SMILES string of the molecule is CC(C)=O.CCCCCCC.CCO.CCOC(C)=O.CO.COCC1CO1. The van der Waals surface area contributed by atoms with Gasteiger partial charge in [-0.15, -0.1) is 0 Å². The van der Waals surface area contributed by atoms with Crippen LogP contribution in [0.25, 0.3) is 0 Å². The molecular formula is C21H48O7. The average molecular weight is 413 g/mol. The van der Waals surface area contributed by atoms with Gasteiger partial charge in [-0.05, 0) is 27.7 Å². The van der Waals surface area contributed by atoms with Gasteiger partial charge in [0, 0.05) is 27.8 Å². The van der Waals surface area contributed by atoms with E-state index in [0.717, 1.165) is 20.3 Å². The Morgan fingerprint density at radius 3 is 1.43 bits per heavy atom. The molecule has 1 atom stereocenters. The molecule has 0 amide bonds.